The molecule has 2 heterocycles. The van der Waals surface area contributed by atoms with E-state index in [9.17, 15) is 27.5 Å². The molecule has 182 valence electrons. The van der Waals surface area contributed by atoms with Crippen molar-refractivity contribution < 1.29 is 22.3 Å². The first-order chi connectivity index (χ1) is 17.1. The molecule has 0 unspecified atom stereocenters. The molecule has 0 spiro atoms. The smallest absolute Gasteiger partial charge is 0.354 e. The Morgan fingerprint density at radius 1 is 1.00 bits per heavy atom. The van der Waals surface area contributed by atoms with E-state index in [0.29, 0.717) is 10.5 Å². The molecule has 0 aliphatic carbocycles. The Hall–Kier alpha value is -3.89. The molecule has 36 heavy (non-hydrogen) atoms. The molecule has 0 saturated heterocycles. The fourth-order valence-electron chi connectivity index (χ4n) is 3.92. The van der Waals surface area contributed by atoms with Crippen LogP contribution in [0.2, 0.25) is 0 Å². The highest BCUT2D eigenvalue weighted by Gasteiger charge is 2.23. The number of rotatable bonds is 5. The highest BCUT2D eigenvalue weighted by Crippen LogP contribution is 2.37. The summed E-state index contributed by atoms with van der Waals surface area (Å²) in [5, 5.41) is 11.2. The van der Waals surface area contributed by atoms with Crippen molar-refractivity contribution in [3.63, 3.8) is 0 Å². The second-order valence-electron chi connectivity index (χ2n) is 8.16. The number of hydrogen-bond acceptors (Lipinski definition) is 7. The van der Waals surface area contributed by atoms with Gasteiger partial charge in [-0.1, -0.05) is 42.1 Å². The first-order valence-corrected chi connectivity index (χ1v) is 13.4. The molecule has 7 nitrogen and oxygen atoms in total. The average Bonchev–Trinajstić information content (AvgIpc) is 2.85. The Morgan fingerprint density at radius 2 is 1.69 bits per heavy atom. The zero-order valence-electron chi connectivity index (χ0n) is 18.8. The van der Waals surface area contributed by atoms with Crippen LogP contribution in [-0.2, 0) is 16.4 Å². The van der Waals surface area contributed by atoms with Gasteiger partial charge in [-0.2, -0.15) is 0 Å². The molecule has 0 aliphatic rings. The lowest BCUT2D eigenvalue weighted by atomic mass is 10.1. The predicted molar refractivity (Wildman–Crippen MR) is 135 cm³/mol. The second-order valence-corrected chi connectivity index (χ2v) is 11.3. The molecule has 2 aromatic heterocycles. The van der Waals surface area contributed by atoms with Crippen LogP contribution in [0.5, 0.6) is 5.75 Å². The molecule has 1 N–H and O–H groups in total. The molecular formula is C26H18FNO6S2. The minimum absolute atomic E-state index is 0.0376. The largest absolute Gasteiger partial charge is 0.505 e. The maximum Gasteiger partial charge on any atom is 0.354 e. The van der Waals surface area contributed by atoms with E-state index in [0.717, 1.165) is 18.0 Å². The molecule has 0 fully saturated rings. The Morgan fingerprint density at radius 3 is 2.36 bits per heavy atom. The van der Waals surface area contributed by atoms with E-state index in [2.05, 4.69) is 0 Å². The number of fused-ring (bicyclic) bond motifs is 3. The number of sulfone groups is 1. The summed E-state index contributed by atoms with van der Waals surface area (Å²) in [5.41, 5.74) is -0.919. The Balaban J connectivity index is 1.84. The lowest BCUT2D eigenvalue weighted by molar-refractivity contribution is 0.446. The van der Waals surface area contributed by atoms with Gasteiger partial charge < -0.3 is 14.1 Å². The summed E-state index contributed by atoms with van der Waals surface area (Å²) in [6, 6.07) is 18.4. The van der Waals surface area contributed by atoms with E-state index in [4.69, 9.17) is 4.42 Å². The fourth-order valence-corrected chi connectivity index (χ4v) is 5.42. The van der Waals surface area contributed by atoms with E-state index < -0.39 is 32.6 Å². The van der Waals surface area contributed by atoms with Crippen molar-refractivity contribution >= 4 is 43.5 Å². The van der Waals surface area contributed by atoms with E-state index in [1.807, 2.05) is 0 Å². The van der Waals surface area contributed by atoms with Crippen LogP contribution in [0, 0.1) is 5.82 Å². The number of halogens is 1. The molecule has 0 saturated carbocycles. The van der Waals surface area contributed by atoms with Crippen molar-refractivity contribution in [3.05, 3.63) is 105 Å². The third-order valence-corrected chi connectivity index (χ3v) is 7.85. The highest BCUT2D eigenvalue weighted by atomic mass is 32.2. The van der Waals surface area contributed by atoms with E-state index in [1.54, 1.807) is 30.3 Å². The summed E-state index contributed by atoms with van der Waals surface area (Å²) in [4.78, 5) is 27.1. The lowest BCUT2D eigenvalue weighted by Crippen LogP contribution is -2.23. The van der Waals surface area contributed by atoms with Gasteiger partial charge >= 0.3 is 5.63 Å². The second kappa shape index (κ2) is 8.96. The van der Waals surface area contributed by atoms with E-state index >= 15 is 0 Å². The van der Waals surface area contributed by atoms with Crippen LogP contribution in [0.15, 0.2) is 101 Å². The van der Waals surface area contributed by atoms with Gasteiger partial charge in [-0.3, -0.25) is 4.79 Å². The lowest BCUT2D eigenvalue weighted by Gasteiger charge is -2.15. The van der Waals surface area contributed by atoms with Gasteiger partial charge in [0.15, 0.2) is 21.2 Å². The summed E-state index contributed by atoms with van der Waals surface area (Å²) in [6.07, 6.45) is 1.04. The summed E-state index contributed by atoms with van der Waals surface area (Å²) < 4.78 is 44.7. The molecular weight excluding hydrogens is 505 g/mol. The van der Waals surface area contributed by atoms with Gasteiger partial charge in [-0.15, -0.1) is 0 Å². The van der Waals surface area contributed by atoms with Crippen molar-refractivity contribution in [2.75, 3.05) is 6.26 Å². The van der Waals surface area contributed by atoms with Crippen molar-refractivity contribution in [1.29, 1.82) is 0 Å². The maximum absolute atomic E-state index is 13.7. The first kappa shape index (κ1) is 23.8. The van der Waals surface area contributed by atoms with Gasteiger partial charge in [0.25, 0.3) is 5.56 Å². The normalized spacial score (nSPS) is 11.8. The van der Waals surface area contributed by atoms with Crippen LogP contribution >= 0.6 is 11.8 Å². The predicted octanol–water partition coefficient (Wildman–Crippen LogP) is 4.56. The summed E-state index contributed by atoms with van der Waals surface area (Å²) in [6.45, 7) is -0.0432. The molecule has 10 heteroatoms. The SMILES string of the molecule is CS(=O)(=O)c1ccc2c3oc(=O)c(Sc4ccccc4)c(O)c3c(=O)n(Cc3ccc(F)cc3)c2c1. The Labute approximate surface area is 208 Å². The zero-order valence-corrected chi connectivity index (χ0v) is 20.4. The van der Waals surface area contributed by atoms with Crippen molar-refractivity contribution in [3.8, 4) is 5.75 Å². The molecule has 0 bridgehead atoms. The minimum Gasteiger partial charge on any atom is -0.505 e. The summed E-state index contributed by atoms with van der Waals surface area (Å²) >= 11 is 0.962. The summed E-state index contributed by atoms with van der Waals surface area (Å²) in [5.74, 6) is -0.974. The molecule has 0 atom stereocenters. The molecule has 0 radical (unpaired) electrons. The van der Waals surface area contributed by atoms with Gasteiger partial charge in [-0.05, 0) is 48.0 Å². The van der Waals surface area contributed by atoms with Gasteiger partial charge in [0.05, 0.1) is 17.0 Å². The van der Waals surface area contributed by atoms with Crippen LogP contribution in [0.3, 0.4) is 0 Å². The highest BCUT2D eigenvalue weighted by molar-refractivity contribution is 7.99. The van der Waals surface area contributed by atoms with E-state index in [1.165, 1.54) is 47.0 Å². The Bertz CT molecular complexity index is 1860. The number of aromatic nitrogens is 1. The number of pyridine rings is 1. The quantitative estimate of drug-likeness (QED) is 0.337. The minimum atomic E-state index is -3.62. The number of nitrogens with zero attached hydrogens (tertiary/aromatic N) is 1. The number of benzene rings is 3. The summed E-state index contributed by atoms with van der Waals surface area (Å²) in [7, 11) is -3.62. The van der Waals surface area contributed by atoms with Gasteiger partial charge in [0, 0.05) is 16.5 Å². The van der Waals surface area contributed by atoms with Crippen LogP contribution < -0.4 is 11.2 Å². The van der Waals surface area contributed by atoms with Crippen LogP contribution in [0.1, 0.15) is 5.56 Å². The Kier molecular flexibility index (Phi) is 5.93. The van der Waals surface area contributed by atoms with Gasteiger partial charge in [-0.25, -0.2) is 17.6 Å². The van der Waals surface area contributed by atoms with Crippen molar-refractivity contribution in [2.24, 2.45) is 0 Å². The zero-order chi connectivity index (χ0) is 25.6. The van der Waals surface area contributed by atoms with Crippen LogP contribution in [0.4, 0.5) is 4.39 Å². The van der Waals surface area contributed by atoms with Crippen molar-refractivity contribution in [1.82, 2.24) is 4.57 Å². The standard InChI is InChI=1S/C26H18FNO6S2/c1-36(32,33)18-11-12-19-20(13-18)28(14-15-7-9-16(27)10-8-15)25(30)21-22(29)24(26(31)34-23(19)21)35-17-5-3-2-4-6-17/h2-13,29H,14H2,1H3. The average molecular weight is 524 g/mol. The third-order valence-electron chi connectivity index (χ3n) is 5.67. The van der Waals surface area contributed by atoms with Gasteiger partial charge in [0.2, 0.25) is 0 Å². The van der Waals surface area contributed by atoms with E-state index in [-0.39, 0.29) is 38.2 Å². The molecule has 5 rings (SSSR count). The first-order valence-electron chi connectivity index (χ1n) is 10.7. The fraction of sp³-hybridized carbons (Fsp3) is 0.0769. The molecule has 3 aromatic carbocycles. The topological polar surface area (TPSA) is 107 Å². The molecule has 0 aliphatic heterocycles. The van der Waals surface area contributed by atoms with Gasteiger partial charge in [0.1, 0.15) is 16.1 Å². The number of hydrogen-bond donors (Lipinski definition) is 1. The monoisotopic (exact) mass is 523 g/mol. The molecule has 5 aromatic rings. The van der Waals surface area contributed by atoms with Crippen LogP contribution in [-0.4, -0.2) is 24.3 Å². The molecule has 0 amide bonds. The van der Waals surface area contributed by atoms with Crippen LogP contribution in [0.25, 0.3) is 21.9 Å². The maximum atomic E-state index is 13.7. The third kappa shape index (κ3) is 4.29. The van der Waals surface area contributed by atoms with Crippen molar-refractivity contribution in [2.45, 2.75) is 21.2 Å². The number of aromatic hydroxyl groups is 1.